The van der Waals surface area contributed by atoms with Crippen molar-refractivity contribution in [2.24, 2.45) is 10.8 Å². The number of hydrogen-bond acceptors (Lipinski definition) is 3. The van der Waals surface area contributed by atoms with Crippen molar-refractivity contribution in [3.05, 3.63) is 54.1 Å². The molecular weight excluding hydrogens is 342 g/mol. The van der Waals surface area contributed by atoms with Gasteiger partial charge in [0.25, 0.3) is 0 Å². The number of rotatable bonds is 4. The van der Waals surface area contributed by atoms with Crippen molar-refractivity contribution in [1.82, 2.24) is 0 Å². The maximum absolute atomic E-state index is 13.5. The first-order valence-electron chi connectivity index (χ1n) is 8.03. The Labute approximate surface area is 149 Å². The van der Waals surface area contributed by atoms with E-state index in [-0.39, 0.29) is 5.69 Å². The molecule has 3 rings (SSSR count). The Balaban J connectivity index is 1.81. The van der Waals surface area contributed by atoms with E-state index in [0.717, 1.165) is 12.1 Å². The molecule has 7 heteroatoms. The van der Waals surface area contributed by atoms with Gasteiger partial charge in [-0.2, -0.15) is 0 Å². The molecule has 3 N–H and O–H groups in total. The zero-order chi connectivity index (χ0) is 19.1. The van der Waals surface area contributed by atoms with Gasteiger partial charge in [0.1, 0.15) is 11.2 Å². The molecular formula is C19H18F2N2O3. The normalized spacial score (nSPS) is 20.3. The molecule has 1 aliphatic rings. The highest BCUT2D eigenvalue weighted by Gasteiger charge is 2.71. The highest BCUT2D eigenvalue weighted by atomic mass is 19.1. The lowest BCUT2D eigenvalue weighted by molar-refractivity contribution is -0.132. The summed E-state index contributed by atoms with van der Waals surface area (Å²) >= 11 is 0. The third-order valence-electron chi connectivity index (χ3n) is 4.82. The molecule has 0 saturated heterocycles. The molecule has 0 radical (unpaired) electrons. The number of benzene rings is 2. The number of amides is 2. The zero-order valence-corrected chi connectivity index (χ0v) is 14.3. The van der Waals surface area contributed by atoms with E-state index in [9.17, 15) is 23.5 Å². The van der Waals surface area contributed by atoms with Crippen LogP contribution >= 0.6 is 0 Å². The summed E-state index contributed by atoms with van der Waals surface area (Å²) in [5.41, 5.74) is -1.39. The Morgan fingerprint density at radius 2 is 1.46 bits per heavy atom. The zero-order valence-electron chi connectivity index (χ0n) is 14.3. The molecule has 2 aromatic rings. The predicted octanol–water partition coefficient (Wildman–Crippen LogP) is 3.66. The van der Waals surface area contributed by atoms with E-state index >= 15 is 0 Å². The molecule has 0 bridgehead atoms. The fraction of sp³-hybridized carbons (Fsp3) is 0.263. The molecule has 0 heterocycles. The van der Waals surface area contributed by atoms with Crippen molar-refractivity contribution in [1.29, 1.82) is 0 Å². The Bertz CT molecular complexity index is 881. The van der Waals surface area contributed by atoms with Crippen molar-refractivity contribution in [2.75, 3.05) is 10.6 Å². The quantitative estimate of drug-likeness (QED) is 0.575. The topological polar surface area (TPSA) is 78.4 Å². The maximum Gasteiger partial charge on any atom is 0.240 e. The Morgan fingerprint density at radius 1 is 0.962 bits per heavy atom. The maximum atomic E-state index is 13.5. The largest absolute Gasteiger partial charge is 0.505 e. The highest BCUT2D eigenvalue weighted by molar-refractivity contribution is 6.18. The Morgan fingerprint density at radius 3 is 1.96 bits per heavy atom. The molecule has 136 valence electrons. The van der Waals surface area contributed by atoms with E-state index in [1.807, 2.05) is 0 Å². The van der Waals surface area contributed by atoms with Crippen LogP contribution in [0.1, 0.15) is 20.3 Å². The van der Waals surface area contributed by atoms with Gasteiger partial charge in [-0.1, -0.05) is 13.8 Å². The number of carbonyl (C=O) groups is 2. The number of carbonyl (C=O) groups excluding carboxylic acids is 2. The molecule has 0 spiro atoms. The van der Waals surface area contributed by atoms with Crippen molar-refractivity contribution < 1.29 is 23.5 Å². The second-order valence-corrected chi connectivity index (χ2v) is 7.05. The molecule has 1 atom stereocenters. The van der Waals surface area contributed by atoms with Gasteiger partial charge in [-0.3, -0.25) is 9.59 Å². The number of aromatic hydroxyl groups is 1. The number of nitrogens with one attached hydrogen (secondary N) is 2. The van der Waals surface area contributed by atoms with Crippen LogP contribution in [0.15, 0.2) is 42.5 Å². The summed E-state index contributed by atoms with van der Waals surface area (Å²) in [5, 5.41) is 14.4. The van der Waals surface area contributed by atoms with Gasteiger partial charge in [0.15, 0.2) is 11.6 Å². The number of phenolic OH excluding ortho intramolecular Hbond substituents is 1. The van der Waals surface area contributed by atoms with Crippen LogP contribution in [0.2, 0.25) is 0 Å². The summed E-state index contributed by atoms with van der Waals surface area (Å²) < 4.78 is 26.5. The van der Waals surface area contributed by atoms with Crippen molar-refractivity contribution >= 4 is 23.2 Å². The summed E-state index contributed by atoms with van der Waals surface area (Å²) in [6, 6.07) is 8.67. The molecule has 1 saturated carbocycles. The minimum absolute atomic E-state index is 0.141. The summed E-state index contributed by atoms with van der Waals surface area (Å²) in [5.74, 6) is -2.91. The molecule has 2 amide bonds. The molecule has 26 heavy (non-hydrogen) atoms. The van der Waals surface area contributed by atoms with Crippen LogP contribution in [0.25, 0.3) is 0 Å². The third-order valence-corrected chi connectivity index (χ3v) is 4.82. The average molecular weight is 360 g/mol. The van der Waals surface area contributed by atoms with Gasteiger partial charge in [-0.15, -0.1) is 0 Å². The first-order valence-corrected chi connectivity index (χ1v) is 8.03. The molecule has 1 fully saturated rings. The molecule has 1 unspecified atom stereocenters. The lowest BCUT2D eigenvalue weighted by atomic mass is 9.93. The first kappa shape index (κ1) is 17.8. The number of hydrogen-bond donors (Lipinski definition) is 3. The van der Waals surface area contributed by atoms with E-state index in [2.05, 4.69) is 10.6 Å². The van der Waals surface area contributed by atoms with Crippen LogP contribution in [0.3, 0.4) is 0 Å². The third kappa shape index (κ3) is 3.00. The minimum atomic E-state index is -1.32. The van der Waals surface area contributed by atoms with Gasteiger partial charge >= 0.3 is 0 Å². The summed E-state index contributed by atoms with van der Waals surface area (Å²) in [4.78, 5) is 25.5. The molecule has 0 aliphatic heterocycles. The van der Waals surface area contributed by atoms with E-state index in [4.69, 9.17) is 0 Å². The van der Waals surface area contributed by atoms with Crippen LogP contribution in [0.5, 0.6) is 5.75 Å². The van der Waals surface area contributed by atoms with Crippen molar-refractivity contribution in [2.45, 2.75) is 20.3 Å². The second-order valence-electron chi connectivity index (χ2n) is 7.05. The Kier molecular flexibility index (Phi) is 4.18. The predicted molar refractivity (Wildman–Crippen MR) is 92.6 cm³/mol. The van der Waals surface area contributed by atoms with Crippen LogP contribution < -0.4 is 10.6 Å². The van der Waals surface area contributed by atoms with Crippen LogP contribution in [0, 0.1) is 22.5 Å². The van der Waals surface area contributed by atoms with Gasteiger partial charge in [-0.05, 0) is 48.2 Å². The van der Waals surface area contributed by atoms with E-state index < -0.39 is 40.0 Å². The van der Waals surface area contributed by atoms with Crippen molar-refractivity contribution in [3.8, 4) is 5.75 Å². The fourth-order valence-electron chi connectivity index (χ4n) is 3.09. The Hall–Kier alpha value is -2.96. The molecule has 2 aromatic carbocycles. The van der Waals surface area contributed by atoms with Crippen LogP contribution in [0.4, 0.5) is 20.2 Å². The SMILES string of the molecule is CC1(C)CC1(C(=O)Nc1ccc(F)cc1)C(=O)Nc1ccc(O)c(F)c1. The van der Waals surface area contributed by atoms with Gasteiger partial charge in [0.2, 0.25) is 11.8 Å². The van der Waals surface area contributed by atoms with Gasteiger partial charge in [0.05, 0.1) is 0 Å². The number of anilines is 2. The first-order chi connectivity index (χ1) is 12.2. The highest BCUT2D eigenvalue weighted by Crippen LogP contribution is 2.64. The van der Waals surface area contributed by atoms with Gasteiger partial charge in [0, 0.05) is 17.4 Å². The monoisotopic (exact) mass is 360 g/mol. The summed E-state index contributed by atoms with van der Waals surface area (Å²) in [6.45, 7) is 3.57. The molecule has 1 aliphatic carbocycles. The van der Waals surface area contributed by atoms with Gasteiger partial charge in [-0.25, -0.2) is 8.78 Å². The van der Waals surface area contributed by atoms with Crippen LogP contribution in [-0.4, -0.2) is 16.9 Å². The summed E-state index contributed by atoms with van der Waals surface area (Å²) in [7, 11) is 0. The molecule has 5 nitrogen and oxygen atoms in total. The van der Waals surface area contributed by atoms with Gasteiger partial charge < -0.3 is 15.7 Å². The average Bonchev–Trinajstić information content (AvgIpc) is 3.17. The van der Waals surface area contributed by atoms with Crippen LogP contribution in [-0.2, 0) is 9.59 Å². The van der Waals surface area contributed by atoms with Crippen molar-refractivity contribution in [3.63, 3.8) is 0 Å². The fourth-order valence-corrected chi connectivity index (χ4v) is 3.09. The number of halogens is 2. The standard InChI is InChI=1S/C19H18F2N2O3/c1-18(2)10-19(18,16(25)22-12-5-3-11(20)4-6-12)17(26)23-13-7-8-15(24)14(21)9-13/h3-9,24H,10H2,1-2H3,(H,22,25)(H,23,26). The van der Waals surface area contributed by atoms with E-state index in [1.165, 1.54) is 30.3 Å². The second kappa shape index (κ2) is 6.09. The van der Waals surface area contributed by atoms with E-state index in [1.54, 1.807) is 13.8 Å². The lowest BCUT2D eigenvalue weighted by Gasteiger charge is -2.20. The number of phenols is 1. The summed E-state index contributed by atoms with van der Waals surface area (Å²) in [6.07, 6.45) is 0.319. The van der Waals surface area contributed by atoms with E-state index in [0.29, 0.717) is 12.1 Å². The smallest absolute Gasteiger partial charge is 0.240 e. The minimum Gasteiger partial charge on any atom is -0.505 e. The lowest BCUT2D eigenvalue weighted by Crippen LogP contribution is -2.39. The molecule has 0 aromatic heterocycles.